The van der Waals surface area contributed by atoms with Crippen molar-refractivity contribution < 1.29 is 32.1 Å². The van der Waals surface area contributed by atoms with Crippen molar-refractivity contribution in [2.45, 2.75) is 7.43 Å². The molecule has 0 aromatic heterocycles. The summed E-state index contributed by atoms with van der Waals surface area (Å²) in [6.45, 7) is 0. The molecule has 3 nitrogen and oxygen atoms in total. The van der Waals surface area contributed by atoms with Crippen LogP contribution in [-0.4, -0.2) is 45.9 Å². The molecule has 0 bridgehead atoms. The van der Waals surface area contributed by atoms with Crippen LogP contribution >= 0.6 is 0 Å². The van der Waals surface area contributed by atoms with Gasteiger partial charge in [-0.15, -0.1) is 0 Å². The molecule has 0 aliphatic carbocycles. The third-order valence-electron chi connectivity index (χ3n) is 0. The molecule has 0 spiro atoms. The Bertz CT molecular complexity index is 35.9. The van der Waals surface area contributed by atoms with Crippen LogP contribution in [0.25, 0.3) is 0 Å². The van der Waals surface area contributed by atoms with Gasteiger partial charge in [-0.2, -0.15) is 0 Å². The topological polar surface area (TPSA) is 57.5 Å². The maximum absolute atomic E-state index is 8.56. The molecule has 42 valence electrons. The van der Waals surface area contributed by atoms with E-state index < -0.39 is 6.16 Å². The van der Waals surface area contributed by atoms with Crippen molar-refractivity contribution in [3.8, 4) is 0 Å². The molecule has 0 rings (SSSR count). The van der Waals surface area contributed by atoms with E-state index in [1.165, 1.54) is 0 Å². The summed E-state index contributed by atoms with van der Waals surface area (Å²) in [6.07, 6.45) is -1.83. The van der Waals surface area contributed by atoms with Gasteiger partial charge in [0.25, 0.3) is 0 Å². The maximum atomic E-state index is 8.56. The summed E-state index contributed by atoms with van der Waals surface area (Å²) in [7, 11) is 0. The zero-order valence-electron chi connectivity index (χ0n) is 2.16. The van der Waals surface area contributed by atoms with Crippen molar-refractivity contribution >= 4 is 35.7 Å². The van der Waals surface area contributed by atoms with Gasteiger partial charge < -0.3 is 10.2 Å². The predicted molar refractivity (Wildman–Crippen MR) is 24.5 cm³/mol. The van der Waals surface area contributed by atoms with Crippen LogP contribution in [0.1, 0.15) is 7.43 Å². The van der Waals surface area contributed by atoms with Crippen LogP contribution < -0.4 is 0 Å². The Labute approximate surface area is 74.9 Å². The zero-order valence-corrected chi connectivity index (χ0v) is 3.26. The van der Waals surface area contributed by atoms with Crippen molar-refractivity contribution in [1.82, 2.24) is 0 Å². The Balaban J connectivity index is -0.0000000150. The van der Waals surface area contributed by atoms with E-state index in [1.54, 1.807) is 0 Å². The molecule has 0 heterocycles. The minimum atomic E-state index is -1.83. The van der Waals surface area contributed by atoms with Crippen molar-refractivity contribution in [1.29, 1.82) is 0 Å². The first kappa shape index (κ1) is 25.0. The number of hydrogen-bond donors (Lipinski definition) is 2. The van der Waals surface area contributed by atoms with E-state index in [2.05, 4.69) is 0 Å². The second-order valence-corrected chi connectivity index (χ2v) is 0.283. The summed E-state index contributed by atoms with van der Waals surface area (Å²) in [6, 6.07) is 0. The number of rotatable bonds is 0. The quantitative estimate of drug-likeness (QED) is 0.495. The molecule has 0 aromatic carbocycles. The Morgan fingerprint density at radius 3 is 1.29 bits per heavy atom. The molecule has 0 saturated heterocycles. The molecule has 0 fully saturated rings. The van der Waals surface area contributed by atoms with Gasteiger partial charge in [0.15, 0.2) is 0 Å². The SMILES string of the molecule is C.O=C(O)O.[Fe].[NaH]. The number of carboxylic acid groups (broad SMARTS) is 2. The van der Waals surface area contributed by atoms with Gasteiger partial charge in [-0.1, -0.05) is 7.43 Å². The van der Waals surface area contributed by atoms with Crippen LogP contribution in [-0.2, 0) is 17.1 Å². The fourth-order valence-electron chi connectivity index (χ4n) is 0. The zero-order chi connectivity index (χ0) is 3.58. The second kappa shape index (κ2) is 15.8. The second-order valence-electron chi connectivity index (χ2n) is 0.283. The standard InChI is InChI=1S/CH2O3.CH4.Fe.Na.H/c2-1(3)4;;;;/h(H2,2,3,4);1H4;;;. The minimum absolute atomic E-state index is 0. The van der Waals surface area contributed by atoms with E-state index in [1.807, 2.05) is 0 Å². The molecule has 0 saturated carbocycles. The summed E-state index contributed by atoms with van der Waals surface area (Å²) in [5.41, 5.74) is 0. The Morgan fingerprint density at radius 2 is 1.29 bits per heavy atom. The van der Waals surface area contributed by atoms with Crippen LogP contribution in [0.5, 0.6) is 0 Å². The molecule has 7 heavy (non-hydrogen) atoms. The van der Waals surface area contributed by atoms with Gasteiger partial charge in [0, 0.05) is 17.1 Å². The third-order valence-corrected chi connectivity index (χ3v) is 0. The van der Waals surface area contributed by atoms with E-state index in [0.717, 1.165) is 0 Å². The molecule has 0 atom stereocenters. The van der Waals surface area contributed by atoms with Crippen LogP contribution in [0.2, 0.25) is 0 Å². The van der Waals surface area contributed by atoms with E-state index in [-0.39, 0.29) is 54.1 Å². The van der Waals surface area contributed by atoms with Crippen molar-refractivity contribution in [2.24, 2.45) is 0 Å². The molecule has 0 amide bonds. The van der Waals surface area contributed by atoms with Crippen LogP contribution in [0.15, 0.2) is 0 Å². The average molecular weight is 158 g/mol. The van der Waals surface area contributed by atoms with Gasteiger partial charge in [0.2, 0.25) is 0 Å². The van der Waals surface area contributed by atoms with Crippen LogP contribution in [0.4, 0.5) is 4.79 Å². The number of hydrogen-bond acceptors (Lipinski definition) is 1. The third kappa shape index (κ3) is 250. The molecular weight excluding hydrogens is 151 g/mol. The fourth-order valence-corrected chi connectivity index (χ4v) is 0. The first-order valence-electron chi connectivity index (χ1n) is 0.651. The van der Waals surface area contributed by atoms with Crippen molar-refractivity contribution in [3.63, 3.8) is 0 Å². The van der Waals surface area contributed by atoms with E-state index >= 15 is 0 Å². The molecule has 0 aliphatic rings. The average Bonchev–Trinajstić information content (AvgIpc) is 0.811. The molecule has 0 aliphatic heterocycles. The fraction of sp³-hybridized carbons (Fsp3) is 0.500. The Kier molecular flexibility index (Phi) is 56.6. The van der Waals surface area contributed by atoms with Gasteiger partial charge in [-0.05, 0) is 0 Å². The monoisotopic (exact) mass is 158 g/mol. The molecule has 0 unspecified atom stereocenters. The van der Waals surface area contributed by atoms with E-state index in [4.69, 9.17) is 15.0 Å². The summed E-state index contributed by atoms with van der Waals surface area (Å²) in [5, 5.41) is 13.9. The normalized spacial score (nSPS) is 3.43. The Hall–Kier alpha value is 0.789. The van der Waals surface area contributed by atoms with Gasteiger partial charge >= 0.3 is 35.7 Å². The summed E-state index contributed by atoms with van der Waals surface area (Å²) in [5.74, 6) is 0. The van der Waals surface area contributed by atoms with Gasteiger partial charge in [-0.25, -0.2) is 4.79 Å². The molecule has 5 heteroatoms. The first-order chi connectivity index (χ1) is 1.73. The number of carbonyl (C=O) groups is 1. The Morgan fingerprint density at radius 1 is 1.29 bits per heavy atom. The summed E-state index contributed by atoms with van der Waals surface area (Å²) < 4.78 is 0. The van der Waals surface area contributed by atoms with Gasteiger partial charge in [-0.3, -0.25) is 0 Å². The predicted octanol–water partition coefficient (Wildman–Crippen LogP) is 0.207. The van der Waals surface area contributed by atoms with Crippen molar-refractivity contribution in [3.05, 3.63) is 0 Å². The van der Waals surface area contributed by atoms with Crippen molar-refractivity contribution in [2.75, 3.05) is 0 Å². The van der Waals surface area contributed by atoms with E-state index in [9.17, 15) is 0 Å². The van der Waals surface area contributed by atoms with Crippen LogP contribution in [0, 0.1) is 0 Å². The molecule has 0 aromatic rings. The van der Waals surface area contributed by atoms with Gasteiger partial charge in [0.1, 0.15) is 0 Å². The summed E-state index contributed by atoms with van der Waals surface area (Å²) in [4.78, 5) is 8.56. The van der Waals surface area contributed by atoms with Crippen LogP contribution in [0.3, 0.4) is 0 Å². The summed E-state index contributed by atoms with van der Waals surface area (Å²) >= 11 is 0. The molecule has 0 radical (unpaired) electrons. The first-order valence-corrected chi connectivity index (χ1v) is 0.651. The molecule has 2 N–H and O–H groups in total. The molecular formula is C2H7FeNaO3. The van der Waals surface area contributed by atoms with Gasteiger partial charge in [0.05, 0.1) is 0 Å². The van der Waals surface area contributed by atoms with E-state index in [0.29, 0.717) is 0 Å².